The fourth-order valence-electron chi connectivity index (χ4n) is 2.22. The molecule has 0 unspecified atom stereocenters. The van der Waals surface area contributed by atoms with Gasteiger partial charge >= 0.3 is 0 Å². The first-order chi connectivity index (χ1) is 8.84. The Bertz CT molecular complexity index is 325. The summed E-state index contributed by atoms with van der Waals surface area (Å²) in [5, 5.41) is 4.29. The van der Waals surface area contributed by atoms with Gasteiger partial charge in [0.05, 0.1) is 0 Å². The summed E-state index contributed by atoms with van der Waals surface area (Å²) in [7, 11) is 2.20. The minimum Gasteiger partial charge on any atom is -0.317 e. The zero-order valence-electron chi connectivity index (χ0n) is 11.1. The van der Waals surface area contributed by atoms with E-state index in [4.69, 9.17) is 0 Å². The Morgan fingerprint density at radius 1 is 1.33 bits per heavy atom. The van der Waals surface area contributed by atoms with Crippen LogP contribution in [0.5, 0.6) is 0 Å². The predicted octanol–water partition coefficient (Wildman–Crippen LogP) is 2.00. The van der Waals surface area contributed by atoms with Gasteiger partial charge in [-0.15, -0.1) is 0 Å². The Balaban J connectivity index is 1.61. The van der Waals surface area contributed by atoms with Gasteiger partial charge in [-0.2, -0.15) is 11.8 Å². The van der Waals surface area contributed by atoms with Crippen molar-refractivity contribution in [1.82, 2.24) is 15.2 Å². The van der Waals surface area contributed by atoms with E-state index in [2.05, 4.69) is 46.1 Å². The van der Waals surface area contributed by atoms with E-state index in [9.17, 15) is 0 Å². The molecule has 0 radical (unpaired) electrons. The topological polar surface area (TPSA) is 28.2 Å². The van der Waals surface area contributed by atoms with Crippen LogP contribution in [-0.2, 0) is 6.54 Å². The molecule has 0 bridgehead atoms. The van der Waals surface area contributed by atoms with Gasteiger partial charge in [0.25, 0.3) is 0 Å². The minimum atomic E-state index is 0.876. The van der Waals surface area contributed by atoms with E-state index in [0.29, 0.717) is 0 Å². The molecule has 0 spiro atoms. The zero-order valence-corrected chi connectivity index (χ0v) is 12.0. The fourth-order valence-corrected chi connectivity index (χ4v) is 3.54. The lowest BCUT2D eigenvalue weighted by atomic mass is 10.2. The highest BCUT2D eigenvalue weighted by Crippen LogP contribution is 2.19. The van der Waals surface area contributed by atoms with E-state index in [1.54, 1.807) is 0 Å². The molecule has 2 rings (SSSR count). The molecule has 0 saturated carbocycles. The number of aromatic nitrogens is 1. The van der Waals surface area contributed by atoms with Crippen molar-refractivity contribution in [2.45, 2.75) is 24.6 Å². The van der Waals surface area contributed by atoms with Crippen LogP contribution in [0.25, 0.3) is 0 Å². The molecule has 0 amide bonds. The summed E-state index contributed by atoms with van der Waals surface area (Å²) < 4.78 is 0. The number of nitrogens with zero attached hydrogens (tertiary/aromatic N) is 2. The maximum atomic E-state index is 4.05. The number of hydrogen-bond acceptors (Lipinski definition) is 4. The fraction of sp³-hybridized carbons (Fsp3) is 0.643. The van der Waals surface area contributed by atoms with Gasteiger partial charge in [-0.1, -0.05) is 0 Å². The summed E-state index contributed by atoms with van der Waals surface area (Å²) in [5.41, 5.74) is 1.35. The van der Waals surface area contributed by atoms with Crippen LogP contribution >= 0.6 is 11.8 Å². The molecule has 1 fully saturated rings. The van der Waals surface area contributed by atoms with Crippen molar-refractivity contribution in [2.24, 2.45) is 0 Å². The molecule has 1 N–H and O–H groups in total. The lowest BCUT2D eigenvalue weighted by Gasteiger charge is -2.23. The zero-order chi connectivity index (χ0) is 12.6. The normalized spacial score (nSPS) is 17.2. The molecule has 0 aromatic carbocycles. The van der Waals surface area contributed by atoms with Crippen molar-refractivity contribution in [3.63, 3.8) is 0 Å². The number of nitrogens with one attached hydrogen (secondary N) is 1. The molecule has 1 aromatic heterocycles. The highest BCUT2D eigenvalue weighted by Gasteiger charge is 2.13. The summed E-state index contributed by atoms with van der Waals surface area (Å²) in [4.78, 5) is 6.44. The summed E-state index contributed by atoms with van der Waals surface area (Å²) in [6.07, 6.45) is 6.40. The third-order valence-corrected chi connectivity index (χ3v) is 4.68. The van der Waals surface area contributed by atoms with Crippen molar-refractivity contribution in [3.8, 4) is 0 Å². The Kier molecular flexibility index (Phi) is 5.97. The smallest absolute Gasteiger partial charge is 0.0271 e. The summed E-state index contributed by atoms with van der Waals surface area (Å²) in [6.45, 7) is 4.58. The lowest BCUT2D eigenvalue weighted by molar-refractivity contribution is 0.348. The molecular formula is C14H23N3S. The highest BCUT2D eigenvalue weighted by molar-refractivity contribution is 7.99. The van der Waals surface area contributed by atoms with E-state index in [1.165, 1.54) is 37.2 Å². The SMILES string of the molecule is CN(CCSC1CCNCC1)Cc1ccncc1. The molecule has 3 nitrogen and oxygen atoms in total. The van der Waals surface area contributed by atoms with Crippen LogP contribution in [0.3, 0.4) is 0 Å². The van der Waals surface area contributed by atoms with Crippen molar-refractivity contribution < 1.29 is 0 Å². The van der Waals surface area contributed by atoms with Gasteiger partial charge in [0, 0.05) is 36.5 Å². The van der Waals surface area contributed by atoms with Gasteiger partial charge in [-0.05, 0) is 50.7 Å². The second-order valence-corrected chi connectivity index (χ2v) is 6.32. The molecule has 0 aliphatic carbocycles. The third kappa shape index (κ3) is 4.96. The molecule has 1 aliphatic rings. The Labute approximate surface area is 114 Å². The van der Waals surface area contributed by atoms with Crippen LogP contribution in [0, 0.1) is 0 Å². The predicted molar refractivity (Wildman–Crippen MR) is 78.9 cm³/mol. The largest absolute Gasteiger partial charge is 0.317 e. The van der Waals surface area contributed by atoms with E-state index in [0.717, 1.165) is 18.3 Å². The van der Waals surface area contributed by atoms with Gasteiger partial charge in [0.15, 0.2) is 0 Å². The first-order valence-corrected chi connectivity index (χ1v) is 7.79. The molecule has 18 heavy (non-hydrogen) atoms. The summed E-state index contributed by atoms with van der Waals surface area (Å²) in [5.74, 6) is 1.24. The second-order valence-electron chi connectivity index (χ2n) is 4.91. The molecule has 100 valence electrons. The standard InChI is InChI=1S/C14H23N3S/c1-17(12-13-2-6-15-7-3-13)10-11-18-14-4-8-16-9-5-14/h2-3,6-7,14,16H,4-5,8-12H2,1H3. The van der Waals surface area contributed by atoms with Gasteiger partial charge < -0.3 is 10.2 Å². The van der Waals surface area contributed by atoms with Gasteiger partial charge in [-0.25, -0.2) is 0 Å². The Morgan fingerprint density at radius 2 is 2.06 bits per heavy atom. The average molecular weight is 265 g/mol. The molecule has 1 aromatic rings. The Morgan fingerprint density at radius 3 is 2.78 bits per heavy atom. The van der Waals surface area contributed by atoms with Crippen LogP contribution in [0.15, 0.2) is 24.5 Å². The van der Waals surface area contributed by atoms with Crippen molar-refractivity contribution in [3.05, 3.63) is 30.1 Å². The van der Waals surface area contributed by atoms with Crippen LogP contribution in [0.1, 0.15) is 18.4 Å². The quantitative estimate of drug-likeness (QED) is 0.851. The molecule has 0 atom stereocenters. The summed E-state index contributed by atoms with van der Waals surface area (Å²) >= 11 is 2.14. The van der Waals surface area contributed by atoms with E-state index < -0.39 is 0 Å². The number of piperidine rings is 1. The van der Waals surface area contributed by atoms with Crippen LogP contribution < -0.4 is 5.32 Å². The van der Waals surface area contributed by atoms with Crippen molar-refractivity contribution >= 4 is 11.8 Å². The molecule has 1 aliphatic heterocycles. The van der Waals surface area contributed by atoms with Gasteiger partial charge in [0.1, 0.15) is 0 Å². The summed E-state index contributed by atoms with van der Waals surface area (Å²) in [6, 6.07) is 4.19. The maximum absolute atomic E-state index is 4.05. The van der Waals surface area contributed by atoms with E-state index in [1.807, 2.05) is 12.4 Å². The maximum Gasteiger partial charge on any atom is 0.0271 e. The lowest BCUT2D eigenvalue weighted by Crippen LogP contribution is -2.30. The highest BCUT2D eigenvalue weighted by atomic mass is 32.2. The molecular weight excluding hydrogens is 242 g/mol. The minimum absolute atomic E-state index is 0.876. The van der Waals surface area contributed by atoms with Gasteiger partial charge in [-0.3, -0.25) is 4.98 Å². The number of pyridine rings is 1. The van der Waals surface area contributed by atoms with Crippen molar-refractivity contribution in [1.29, 1.82) is 0 Å². The third-order valence-electron chi connectivity index (χ3n) is 3.31. The number of rotatable bonds is 6. The first-order valence-electron chi connectivity index (χ1n) is 6.74. The van der Waals surface area contributed by atoms with E-state index >= 15 is 0 Å². The Hall–Kier alpha value is -0.580. The molecule has 4 heteroatoms. The van der Waals surface area contributed by atoms with Crippen LogP contribution in [-0.4, -0.2) is 47.6 Å². The van der Waals surface area contributed by atoms with E-state index in [-0.39, 0.29) is 0 Å². The molecule has 1 saturated heterocycles. The number of hydrogen-bond donors (Lipinski definition) is 1. The average Bonchev–Trinajstić information content (AvgIpc) is 2.41. The second kappa shape index (κ2) is 7.77. The molecule has 2 heterocycles. The van der Waals surface area contributed by atoms with Gasteiger partial charge in [0.2, 0.25) is 0 Å². The first kappa shape index (κ1) is 13.8. The van der Waals surface area contributed by atoms with Crippen LogP contribution in [0.2, 0.25) is 0 Å². The van der Waals surface area contributed by atoms with Crippen LogP contribution in [0.4, 0.5) is 0 Å². The van der Waals surface area contributed by atoms with Crippen molar-refractivity contribution in [2.75, 3.05) is 32.4 Å². The number of thioether (sulfide) groups is 1. The monoisotopic (exact) mass is 265 g/mol.